The highest BCUT2D eigenvalue weighted by molar-refractivity contribution is 7.15. The molecule has 0 saturated carbocycles. The first kappa shape index (κ1) is 17.6. The van der Waals surface area contributed by atoms with E-state index in [0.717, 1.165) is 28.3 Å². The van der Waals surface area contributed by atoms with Crippen molar-refractivity contribution in [3.63, 3.8) is 0 Å². The Labute approximate surface area is 149 Å². The van der Waals surface area contributed by atoms with Crippen molar-refractivity contribution < 1.29 is 13.9 Å². The number of imidazole rings is 1. The van der Waals surface area contributed by atoms with E-state index in [1.54, 1.807) is 12.1 Å². The number of aromatic nitrogens is 2. The Morgan fingerprint density at radius 2 is 2.16 bits per heavy atom. The first-order valence-corrected chi connectivity index (χ1v) is 9.11. The molecule has 1 amide bonds. The first-order valence-electron chi connectivity index (χ1n) is 8.23. The minimum absolute atomic E-state index is 0.0202. The molecule has 1 aromatic carbocycles. The third-order valence-electron chi connectivity index (χ3n) is 3.76. The van der Waals surface area contributed by atoms with Crippen molar-refractivity contribution in [2.45, 2.75) is 19.8 Å². The number of nitrogens with zero attached hydrogens (tertiary/aromatic N) is 2. The molecule has 0 spiro atoms. The fourth-order valence-corrected chi connectivity index (χ4v) is 3.36. The number of ether oxygens (including phenoxy) is 1. The van der Waals surface area contributed by atoms with Gasteiger partial charge in [0.05, 0.1) is 12.1 Å². The molecule has 0 bridgehead atoms. The number of carbonyl (C=O) groups is 1. The Kier molecular flexibility index (Phi) is 5.78. The summed E-state index contributed by atoms with van der Waals surface area (Å²) in [6.07, 6.45) is 2.99. The highest BCUT2D eigenvalue weighted by Crippen LogP contribution is 2.24. The predicted molar refractivity (Wildman–Crippen MR) is 96.3 cm³/mol. The van der Waals surface area contributed by atoms with Gasteiger partial charge in [-0.2, -0.15) is 0 Å². The van der Waals surface area contributed by atoms with Crippen LogP contribution in [0.25, 0.3) is 16.2 Å². The second-order valence-corrected chi connectivity index (χ2v) is 6.43. The molecule has 3 rings (SSSR count). The summed E-state index contributed by atoms with van der Waals surface area (Å²) >= 11 is 1.49. The monoisotopic (exact) mass is 361 g/mol. The van der Waals surface area contributed by atoms with E-state index in [1.165, 1.54) is 23.5 Å². The predicted octanol–water partition coefficient (Wildman–Crippen LogP) is 3.29. The number of amides is 1. The van der Waals surface area contributed by atoms with Crippen LogP contribution in [0.15, 0.2) is 35.8 Å². The topological polar surface area (TPSA) is 55.6 Å². The molecule has 25 heavy (non-hydrogen) atoms. The molecule has 0 aliphatic carbocycles. The average molecular weight is 361 g/mol. The minimum atomic E-state index is -0.272. The second kappa shape index (κ2) is 8.22. The number of rotatable bonds is 8. The lowest BCUT2D eigenvalue weighted by Crippen LogP contribution is -2.27. The van der Waals surface area contributed by atoms with Gasteiger partial charge >= 0.3 is 0 Å². The van der Waals surface area contributed by atoms with Gasteiger partial charge < -0.3 is 10.1 Å². The van der Waals surface area contributed by atoms with Crippen molar-refractivity contribution in [1.82, 2.24) is 14.7 Å². The number of hydrogen-bond donors (Lipinski definition) is 1. The lowest BCUT2D eigenvalue weighted by molar-refractivity contribution is -0.120. The molecule has 0 aliphatic heterocycles. The zero-order chi connectivity index (χ0) is 17.6. The Morgan fingerprint density at radius 3 is 2.92 bits per heavy atom. The number of fused-ring (bicyclic) bond motifs is 1. The van der Waals surface area contributed by atoms with E-state index in [9.17, 15) is 9.18 Å². The normalized spacial score (nSPS) is 11.1. The van der Waals surface area contributed by atoms with Gasteiger partial charge in [0.15, 0.2) is 4.96 Å². The van der Waals surface area contributed by atoms with Crippen LogP contribution in [0.5, 0.6) is 0 Å². The summed E-state index contributed by atoms with van der Waals surface area (Å²) in [5.74, 6) is -0.292. The molecule has 132 valence electrons. The fraction of sp³-hybridized carbons (Fsp3) is 0.333. The van der Waals surface area contributed by atoms with E-state index in [2.05, 4.69) is 10.3 Å². The van der Waals surface area contributed by atoms with Crippen LogP contribution in [-0.4, -0.2) is 35.1 Å². The van der Waals surface area contributed by atoms with E-state index in [1.807, 2.05) is 22.9 Å². The third kappa shape index (κ3) is 4.43. The van der Waals surface area contributed by atoms with Crippen LogP contribution in [-0.2, 0) is 16.0 Å². The zero-order valence-electron chi connectivity index (χ0n) is 14.0. The van der Waals surface area contributed by atoms with Crippen molar-refractivity contribution >= 4 is 22.2 Å². The van der Waals surface area contributed by atoms with Gasteiger partial charge in [-0.05, 0) is 37.6 Å². The van der Waals surface area contributed by atoms with Crippen LogP contribution in [0.3, 0.4) is 0 Å². The molecule has 0 saturated heterocycles. The Bertz CT molecular complexity index is 842. The zero-order valence-corrected chi connectivity index (χ0v) is 14.8. The maximum Gasteiger partial charge on any atom is 0.225 e. The van der Waals surface area contributed by atoms with Gasteiger partial charge in [-0.25, -0.2) is 9.37 Å². The number of carbonyl (C=O) groups excluding carboxylic acids is 1. The van der Waals surface area contributed by atoms with Crippen molar-refractivity contribution in [2.24, 2.45) is 0 Å². The maximum absolute atomic E-state index is 13.0. The van der Waals surface area contributed by atoms with Crippen LogP contribution in [0, 0.1) is 5.82 Å². The van der Waals surface area contributed by atoms with Crippen molar-refractivity contribution in [1.29, 1.82) is 0 Å². The summed E-state index contributed by atoms with van der Waals surface area (Å²) in [6.45, 7) is 3.91. The quantitative estimate of drug-likeness (QED) is 0.627. The highest BCUT2D eigenvalue weighted by Gasteiger charge is 2.12. The van der Waals surface area contributed by atoms with E-state index >= 15 is 0 Å². The first-order chi connectivity index (χ1) is 12.2. The van der Waals surface area contributed by atoms with E-state index in [-0.39, 0.29) is 11.7 Å². The average Bonchev–Trinajstić information content (AvgIpc) is 3.17. The molecule has 3 aromatic rings. The van der Waals surface area contributed by atoms with Gasteiger partial charge in [0, 0.05) is 42.6 Å². The summed E-state index contributed by atoms with van der Waals surface area (Å²) in [5.41, 5.74) is 2.51. The lowest BCUT2D eigenvalue weighted by atomic mass is 10.2. The summed E-state index contributed by atoms with van der Waals surface area (Å²) in [7, 11) is 0. The van der Waals surface area contributed by atoms with Gasteiger partial charge in [0.1, 0.15) is 5.82 Å². The molecule has 1 N–H and O–H groups in total. The number of halogens is 1. The van der Waals surface area contributed by atoms with Gasteiger partial charge in [-0.1, -0.05) is 0 Å². The molecular weight excluding hydrogens is 341 g/mol. The maximum atomic E-state index is 13.0. The number of benzene rings is 1. The summed E-state index contributed by atoms with van der Waals surface area (Å²) < 4.78 is 20.2. The van der Waals surface area contributed by atoms with Crippen LogP contribution in [0.2, 0.25) is 0 Å². The molecule has 2 heterocycles. The van der Waals surface area contributed by atoms with Crippen molar-refractivity contribution in [3.05, 3.63) is 47.4 Å². The molecule has 0 aliphatic rings. The Hall–Kier alpha value is -2.25. The summed E-state index contributed by atoms with van der Waals surface area (Å²) in [4.78, 5) is 17.4. The molecular formula is C18H20FN3O2S. The molecule has 0 atom stereocenters. The summed E-state index contributed by atoms with van der Waals surface area (Å²) in [6, 6.07) is 6.23. The molecule has 0 unspecified atom stereocenters. The molecule has 7 heteroatoms. The molecule has 0 radical (unpaired) electrons. The second-order valence-electron chi connectivity index (χ2n) is 5.59. The third-order valence-corrected chi connectivity index (χ3v) is 4.65. The van der Waals surface area contributed by atoms with Gasteiger partial charge in [0.25, 0.3) is 0 Å². The smallest absolute Gasteiger partial charge is 0.225 e. The van der Waals surface area contributed by atoms with E-state index in [4.69, 9.17) is 4.74 Å². The molecule has 2 aromatic heterocycles. The van der Waals surface area contributed by atoms with E-state index in [0.29, 0.717) is 26.2 Å². The Morgan fingerprint density at radius 1 is 1.36 bits per heavy atom. The fourth-order valence-electron chi connectivity index (χ4n) is 2.49. The van der Waals surface area contributed by atoms with Crippen LogP contribution >= 0.6 is 11.3 Å². The molecule has 5 nitrogen and oxygen atoms in total. The number of hydrogen-bond acceptors (Lipinski definition) is 4. The van der Waals surface area contributed by atoms with Crippen LogP contribution in [0.4, 0.5) is 4.39 Å². The van der Waals surface area contributed by atoms with Gasteiger partial charge in [0.2, 0.25) is 5.91 Å². The van der Waals surface area contributed by atoms with Gasteiger partial charge in [-0.3, -0.25) is 9.20 Å². The molecule has 0 fully saturated rings. The van der Waals surface area contributed by atoms with Crippen LogP contribution in [0.1, 0.15) is 19.0 Å². The minimum Gasteiger partial charge on any atom is -0.382 e. The standard InChI is InChI=1S/C18H20FN3O2S/c1-2-24-9-3-8-20-17(23)10-15-12-25-18-21-16(11-22(15)18)13-4-6-14(19)7-5-13/h4-7,11-12H,2-3,8-10H2,1H3,(H,20,23). The lowest BCUT2D eigenvalue weighted by Gasteiger charge is -2.05. The largest absolute Gasteiger partial charge is 0.382 e. The van der Waals surface area contributed by atoms with E-state index < -0.39 is 0 Å². The van der Waals surface area contributed by atoms with Gasteiger partial charge in [-0.15, -0.1) is 11.3 Å². The van der Waals surface area contributed by atoms with Crippen LogP contribution < -0.4 is 5.32 Å². The van der Waals surface area contributed by atoms with Crippen molar-refractivity contribution in [3.8, 4) is 11.3 Å². The van der Waals surface area contributed by atoms with Crippen molar-refractivity contribution in [2.75, 3.05) is 19.8 Å². The summed E-state index contributed by atoms with van der Waals surface area (Å²) in [5, 5.41) is 4.84. The number of nitrogens with one attached hydrogen (secondary N) is 1. The highest BCUT2D eigenvalue weighted by atomic mass is 32.1. The number of thiazole rings is 1. The SMILES string of the molecule is CCOCCCNC(=O)Cc1csc2nc(-c3ccc(F)cc3)cn12. The Balaban J connectivity index is 1.64.